The minimum absolute atomic E-state index is 0.289. The van der Waals surface area contributed by atoms with Gasteiger partial charge in [0.1, 0.15) is 0 Å². The van der Waals surface area contributed by atoms with Crippen molar-refractivity contribution in [2.75, 3.05) is 0 Å². The molecule has 0 spiro atoms. The first kappa shape index (κ1) is 12.2. The van der Waals surface area contributed by atoms with Crippen LogP contribution in [0.2, 0.25) is 19.6 Å². The Balaban J connectivity index is 2.22. The largest absolute Gasteiger partial charge is 0.456 e. The molecule has 2 rings (SSSR count). The van der Waals surface area contributed by atoms with Gasteiger partial charge in [0, 0.05) is 5.41 Å². The van der Waals surface area contributed by atoms with E-state index in [4.69, 9.17) is 4.53 Å². The van der Waals surface area contributed by atoms with Crippen molar-refractivity contribution in [2.45, 2.75) is 59.7 Å². The second-order valence-corrected chi connectivity index (χ2v) is 11.6. The third-order valence-corrected chi connectivity index (χ3v) is 5.58. The smallest absolute Gasteiger partial charge is 0.278 e. The van der Waals surface area contributed by atoms with Gasteiger partial charge in [0.05, 0.1) is 5.71 Å². The Morgan fingerprint density at radius 2 is 1.88 bits per heavy atom. The lowest BCUT2D eigenvalue weighted by atomic mass is 9.70. The van der Waals surface area contributed by atoms with Gasteiger partial charge in [-0.3, -0.25) is 0 Å². The summed E-state index contributed by atoms with van der Waals surface area (Å²) in [5.41, 5.74) is 2.03. The minimum Gasteiger partial charge on any atom is -0.456 e. The molecule has 2 saturated carbocycles. The van der Waals surface area contributed by atoms with Gasteiger partial charge in [-0.15, -0.1) is 5.16 Å². The Morgan fingerprint density at radius 1 is 1.25 bits per heavy atom. The molecule has 0 aromatic carbocycles. The van der Waals surface area contributed by atoms with Gasteiger partial charge < -0.3 is 4.53 Å². The number of fused-ring (bicyclic) bond motifs is 2. The van der Waals surface area contributed by atoms with E-state index in [0.29, 0.717) is 5.41 Å². The fraction of sp³-hybridized carbons (Fsp3) is 0.923. The molecule has 0 heterocycles. The van der Waals surface area contributed by atoms with E-state index in [1.807, 2.05) is 0 Å². The van der Waals surface area contributed by atoms with Gasteiger partial charge in [-0.05, 0) is 50.2 Å². The second-order valence-electron chi connectivity index (χ2n) is 7.24. The Hall–Kier alpha value is -0.313. The molecule has 0 aliphatic heterocycles. The first-order valence-corrected chi connectivity index (χ1v) is 9.83. The molecule has 0 N–H and O–H groups in total. The van der Waals surface area contributed by atoms with E-state index in [9.17, 15) is 0 Å². The highest BCUT2D eigenvalue weighted by Crippen LogP contribution is 2.64. The molecule has 0 radical (unpaired) electrons. The SMILES string of the molecule is CC1(C)[C@@H]2CC[C@@]1(C)/C(=N/O[Si](C)(C)C)C2. The Kier molecular flexibility index (Phi) is 2.54. The molecule has 2 atom stereocenters. The number of rotatable bonds is 2. The van der Waals surface area contributed by atoms with Crippen molar-refractivity contribution in [3.8, 4) is 0 Å². The summed E-state index contributed by atoms with van der Waals surface area (Å²) in [4.78, 5) is 0. The number of hydrogen-bond donors (Lipinski definition) is 0. The summed E-state index contributed by atoms with van der Waals surface area (Å²) in [6.07, 6.45) is 3.82. The molecule has 2 fully saturated rings. The van der Waals surface area contributed by atoms with Gasteiger partial charge in [-0.2, -0.15) is 0 Å². The van der Waals surface area contributed by atoms with Crippen molar-refractivity contribution in [3.05, 3.63) is 0 Å². The van der Waals surface area contributed by atoms with Crippen LogP contribution in [0.15, 0.2) is 5.16 Å². The molecular weight excluding hydrogens is 214 g/mol. The van der Waals surface area contributed by atoms with Crippen LogP contribution < -0.4 is 0 Å². The van der Waals surface area contributed by atoms with Crippen LogP contribution in [-0.4, -0.2) is 14.0 Å². The summed E-state index contributed by atoms with van der Waals surface area (Å²) in [6.45, 7) is 13.8. The van der Waals surface area contributed by atoms with Crippen LogP contribution in [0, 0.1) is 16.7 Å². The second kappa shape index (κ2) is 3.34. The quantitative estimate of drug-likeness (QED) is 0.526. The van der Waals surface area contributed by atoms with Crippen LogP contribution in [0.4, 0.5) is 0 Å². The van der Waals surface area contributed by atoms with E-state index in [0.717, 1.165) is 12.3 Å². The van der Waals surface area contributed by atoms with Crippen LogP contribution in [0.1, 0.15) is 40.0 Å². The third kappa shape index (κ3) is 1.64. The van der Waals surface area contributed by atoms with Crippen molar-refractivity contribution in [1.82, 2.24) is 0 Å². The molecular formula is C13H25NOSi. The van der Waals surface area contributed by atoms with E-state index >= 15 is 0 Å². The first-order chi connectivity index (χ1) is 7.17. The Labute approximate surface area is 101 Å². The van der Waals surface area contributed by atoms with Gasteiger partial charge >= 0.3 is 0 Å². The molecule has 92 valence electrons. The standard InChI is InChI=1S/C13H25NOSi/c1-12(2)10-7-8-13(12,3)11(9-10)14-15-16(4,5)6/h10H,7-9H2,1-6H3/b14-11+/t10-,13+/m1/s1. The van der Waals surface area contributed by atoms with Crippen LogP contribution in [0.25, 0.3) is 0 Å². The van der Waals surface area contributed by atoms with Crippen LogP contribution in [-0.2, 0) is 4.53 Å². The summed E-state index contributed by atoms with van der Waals surface area (Å²) in [6, 6.07) is 0. The highest BCUT2D eigenvalue weighted by atomic mass is 28.4. The van der Waals surface area contributed by atoms with E-state index in [-0.39, 0.29) is 5.41 Å². The van der Waals surface area contributed by atoms with Crippen molar-refractivity contribution in [1.29, 1.82) is 0 Å². The van der Waals surface area contributed by atoms with Gasteiger partial charge in [-0.1, -0.05) is 20.8 Å². The fourth-order valence-corrected chi connectivity index (χ4v) is 3.64. The average Bonchev–Trinajstić information content (AvgIpc) is 2.45. The number of nitrogens with zero attached hydrogens (tertiary/aromatic N) is 1. The van der Waals surface area contributed by atoms with Crippen molar-refractivity contribution in [2.24, 2.45) is 21.9 Å². The molecule has 2 aliphatic carbocycles. The lowest BCUT2D eigenvalue weighted by Gasteiger charge is -2.34. The summed E-state index contributed by atoms with van der Waals surface area (Å²) in [5.74, 6) is 0.821. The highest BCUT2D eigenvalue weighted by molar-refractivity contribution is 6.69. The minimum atomic E-state index is -1.52. The number of hydrogen-bond acceptors (Lipinski definition) is 2. The van der Waals surface area contributed by atoms with E-state index in [1.54, 1.807) is 0 Å². The topological polar surface area (TPSA) is 21.6 Å². The Bertz CT molecular complexity index is 329. The summed E-state index contributed by atoms with van der Waals surface area (Å²) in [7, 11) is -1.52. The maximum absolute atomic E-state index is 5.75. The molecule has 0 saturated heterocycles. The van der Waals surface area contributed by atoms with Crippen molar-refractivity contribution < 1.29 is 4.53 Å². The zero-order chi connectivity index (χ0) is 12.2. The molecule has 0 amide bonds. The predicted molar refractivity (Wildman–Crippen MR) is 71.1 cm³/mol. The molecule has 2 nitrogen and oxygen atoms in total. The molecule has 0 aromatic rings. The maximum Gasteiger partial charge on any atom is 0.278 e. The monoisotopic (exact) mass is 239 g/mol. The molecule has 2 bridgehead atoms. The fourth-order valence-electron chi connectivity index (χ4n) is 3.26. The lowest BCUT2D eigenvalue weighted by molar-refractivity contribution is 0.191. The predicted octanol–water partition coefficient (Wildman–Crippen LogP) is 4.04. The number of oxime groups is 1. The van der Waals surface area contributed by atoms with Crippen LogP contribution >= 0.6 is 0 Å². The zero-order valence-corrected chi connectivity index (χ0v) is 12.6. The van der Waals surface area contributed by atoms with Gasteiger partial charge in [-0.25, -0.2) is 0 Å². The van der Waals surface area contributed by atoms with E-state index in [1.165, 1.54) is 18.6 Å². The zero-order valence-electron chi connectivity index (χ0n) is 11.6. The summed E-state index contributed by atoms with van der Waals surface area (Å²) in [5, 5.41) is 4.52. The normalized spacial score (nSPS) is 39.4. The van der Waals surface area contributed by atoms with Crippen molar-refractivity contribution >= 4 is 14.0 Å². The maximum atomic E-state index is 5.75. The Morgan fingerprint density at radius 3 is 2.25 bits per heavy atom. The molecule has 16 heavy (non-hydrogen) atoms. The summed E-state index contributed by atoms with van der Waals surface area (Å²) < 4.78 is 5.75. The highest BCUT2D eigenvalue weighted by Gasteiger charge is 2.60. The van der Waals surface area contributed by atoms with Crippen LogP contribution in [0.5, 0.6) is 0 Å². The third-order valence-electron chi connectivity index (χ3n) is 4.94. The molecule has 3 heteroatoms. The lowest BCUT2D eigenvalue weighted by Crippen LogP contribution is -2.33. The average molecular weight is 239 g/mol. The van der Waals surface area contributed by atoms with E-state index < -0.39 is 8.32 Å². The van der Waals surface area contributed by atoms with Crippen LogP contribution in [0.3, 0.4) is 0 Å². The van der Waals surface area contributed by atoms with Gasteiger partial charge in [0.2, 0.25) is 0 Å². The summed E-state index contributed by atoms with van der Waals surface area (Å²) >= 11 is 0. The van der Waals surface area contributed by atoms with Gasteiger partial charge in [0.15, 0.2) is 0 Å². The van der Waals surface area contributed by atoms with E-state index in [2.05, 4.69) is 45.6 Å². The molecule has 0 unspecified atom stereocenters. The molecule has 2 aliphatic rings. The first-order valence-electron chi connectivity index (χ1n) is 6.42. The van der Waals surface area contributed by atoms with Crippen molar-refractivity contribution in [3.63, 3.8) is 0 Å². The van der Waals surface area contributed by atoms with Gasteiger partial charge in [0.25, 0.3) is 8.32 Å². The molecule has 0 aromatic heterocycles.